The van der Waals surface area contributed by atoms with Crippen LogP contribution in [0.4, 0.5) is 0 Å². The van der Waals surface area contributed by atoms with Crippen LogP contribution in [0.3, 0.4) is 0 Å². The highest BCUT2D eigenvalue weighted by molar-refractivity contribution is 5.76. The van der Waals surface area contributed by atoms with Crippen LogP contribution in [0.1, 0.15) is 59.8 Å². The van der Waals surface area contributed by atoms with Crippen molar-refractivity contribution in [1.82, 2.24) is 0 Å². The van der Waals surface area contributed by atoms with Crippen molar-refractivity contribution in [1.29, 1.82) is 0 Å². The van der Waals surface area contributed by atoms with Gasteiger partial charge in [-0.2, -0.15) is 0 Å². The monoisotopic (exact) mass is 284 g/mol. The summed E-state index contributed by atoms with van der Waals surface area (Å²) < 4.78 is 0. The quantitative estimate of drug-likeness (QED) is 0.780. The molecule has 1 aliphatic rings. The molecule has 20 heavy (non-hydrogen) atoms. The van der Waals surface area contributed by atoms with Gasteiger partial charge in [0.15, 0.2) is 0 Å². The molecule has 4 heteroatoms. The summed E-state index contributed by atoms with van der Waals surface area (Å²) in [5.74, 6) is -1.22. The van der Waals surface area contributed by atoms with Crippen LogP contribution in [0.2, 0.25) is 0 Å². The molecule has 2 N–H and O–H groups in total. The van der Waals surface area contributed by atoms with Crippen LogP contribution >= 0.6 is 0 Å². The lowest BCUT2D eigenvalue weighted by Crippen LogP contribution is -2.45. The van der Waals surface area contributed by atoms with Crippen molar-refractivity contribution < 1.29 is 19.8 Å². The van der Waals surface area contributed by atoms with Crippen LogP contribution in [-0.4, -0.2) is 22.2 Å². The number of carbonyl (C=O) groups is 2. The molecule has 4 nitrogen and oxygen atoms in total. The van der Waals surface area contributed by atoms with E-state index in [1.165, 1.54) is 0 Å². The summed E-state index contributed by atoms with van der Waals surface area (Å²) >= 11 is 0. The van der Waals surface area contributed by atoms with E-state index < -0.39 is 17.4 Å². The Kier molecular flexibility index (Phi) is 5.60. The maximum Gasteiger partial charge on any atom is 0.309 e. The summed E-state index contributed by atoms with van der Waals surface area (Å²) in [4.78, 5) is 23.2. The molecule has 116 valence electrons. The third-order valence-corrected chi connectivity index (χ3v) is 4.59. The Bertz CT molecular complexity index is 361. The standard InChI is InChI=1S/C16H28O4/c1-10(2)7-13-8-12(14(17)18)5-6-16(13,15(19)20)9-11(3)4/h10-13H,5-9H2,1-4H3,(H,17,18)(H,19,20). The maximum absolute atomic E-state index is 11.9. The summed E-state index contributed by atoms with van der Waals surface area (Å²) in [6.45, 7) is 8.24. The van der Waals surface area contributed by atoms with Gasteiger partial charge in [-0.15, -0.1) is 0 Å². The van der Waals surface area contributed by atoms with Crippen LogP contribution in [0.5, 0.6) is 0 Å². The smallest absolute Gasteiger partial charge is 0.309 e. The topological polar surface area (TPSA) is 74.6 Å². The third kappa shape index (κ3) is 3.74. The fourth-order valence-electron chi connectivity index (χ4n) is 3.80. The first-order valence-electron chi connectivity index (χ1n) is 7.65. The number of hydrogen-bond donors (Lipinski definition) is 2. The fourth-order valence-corrected chi connectivity index (χ4v) is 3.80. The summed E-state index contributed by atoms with van der Waals surface area (Å²) in [6, 6.07) is 0. The second-order valence-corrected chi connectivity index (χ2v) is 7.20. The van der Waals surface area contributed by atoms with E-state index in [0.29, 0.717) is 37.5 Å². The van der Waals surface area contributed by atoms with Gasteiger partial charge >= 0.3 is 11.9 Å². The minimum atomic E-state index is -0.776. The van der Waals surface area contributed by atoms with E-state index in [1.807, 2.05) is 13.8 Å². The van der Waals surface area contributed by atoms with Crippen LogP contribution in [0.15, 0.2) is 0 Å². The molecule has 0 spiro atoms. The summed E-state index contributed by atoms with van der Waals surface area (Å²) in [5.41, 5.74) is -0.732. The average molecular weight is 284 g/mol. The summed E-state index contributed by atoms with van der Waals surface area (Å²) in [5, 5.41) is 19.0. The van der Waals surface area contributed by atoms with Gasteiger partial charge in [0.05, 0.1) is 11.3 Å². The van der Waals surface area contributed by atoms with Crippen molar-refractivity contribution in [2.45, 2.75) is 59.8 Å². The number of rotatable bonds is 6. The lowest BCUT2D eigenvalue weighted by Gasteiger charge is -2.44. The molecule has 1 fully saturated rings. The Morgan fingerprint density at radius 2 is 1.75 bits per heavy atom. The molecule has 1 aliphatic carbocycles. The lowest BCUT2D eigenvalue weighted by molar-refractivity contribution is -0.162. The van der Waals surface area contributed by atoms with Crippen molar-refractivity contribution in [3.8, 4) is 0 Å². The Labute approximate surface area is 121 Å². The second kappa shape index (κ2) is 6.59. The van der Waals surface area contributed by atoms with E-state index >= 15 is 0 Å². The van der Waals surface area contributed by atoms with E-state index in [-0.39, 0.29) is 11.8 Å². The van der Waals surface area contributed by atoms with Crippen molar-refractivity contribution in [3.63, 3.8) is 0 Å². The zero-order valence-corrected chi connectivity index (χ0v) is 13.1. The molecule has 1 saturated carbocycles. The van der Waals surface area contributed by atoms with Gasteiger partial charge in [0.1, 0.15) is 0 Å². The van der Waals surface area contributed by atoms with Gasteiger partial charge in [0.2, 0.25) is 0 Å². The molecule has 0 radical (unpaired) electrons. The van der Waals surface area contributed by atoms with Crippen LogP contribution in [0.25, 0.3) is 0 Å². The molecule has 0 aromatic rings. The van der Waals surface area contributed by atoms with Crippen molar-refractivity contribution in [2.75, 3.05) is 0 Å². The van der Waals surface area contributed by atoms with Gasteiger partial charge in [0, 0.05) is 0 Å². The third-order valence-electron chi connectivity index (χ3n) is 4.59. The first-order chi connectivity index (χ1) is 9.19. The van der Waals surface area contributed by atoms with Crippen molar-refractivity contribution in [2.24, 2.45) is 29.1 Å². The van der Waals surface area contributed by atoms with Crippen LogP contribution in [-0.2, 0) is 9.59 Å². The van der Waals surface area contributed by atoms with Gasteiger partial charge in [-0.25, -0.2) is 0 Å². The van der Waals surface area contributed by atoms with E-state index in [9.17, 15) is 19.8 Å². The molecule has 0 aliphatic heterocycles. The molecule has 0 aromatic carbocycles. The number of hydrogen-bond acceptors (Lipinski definition) is 2. The molecule has 0 heterocycles. The highest BCUT2D eigenvalue weighted by Gasteiger charge is 2.50. The summed E-state index contributed by atoms with van der Waals surface area (Å²) in [6.07, 6.45) is 2.93. The minimum absolute atomic E-state index is 0.0303. The molecule has 0 bridgehead atoms. The van der Waals surface area contributed by atoms with Crippen LogP contribution in [0, 0.1) is 29.1 Å². The minimum Gasteiger partial charge on any atom is -0.481 e. The van der Waals surface area contributed by atoms with Gasteiger partial charge in [0.25, 0.3) is 0 Å². The van der Waals surface area contributed by atoms with Crippen molar-refractivity contribution in [3.05, 3.63) is 0 Å². The molecule has 0 aromatic heterocycles. The molecule has 0 saturated heterocycles. The molecule has 3 unspecified atom stereocenters. The molecule has 3 atom stereocenters. The van der Waals surface area contributed by atoms with E-state index in [4.69, 9.17) is 0 Å². The lowest BCUT2D eigenvalue weighted by atomic mass is 9.58. The first kappa shape index (κ1) is 17.0. The average Bonchev–Trinajstić information content (AvgIpc) is 2.29. The Hall–Kier alpha value is -1.06. The Morgan fingerprint density at radius 3 is 2.15 bits per heavy atom. The summed E-state index contributed by atoms with van der Waals surface area (Å²) in [7, 11) is 0. The van der Waals surface area contributed by atoms with Gasteiger partial charge < -0.3 is 10.2 Å². The van der Waals surface area contributed by atoms with Crippen LogP contribution < -0.4 is 0 Å². The van der Waals surface area contributed by atoms with Crippen molar-refractivity contribution >= 4 is 11.9 Å². The van der Waals surface area contributed by atoms with E-state index in [2.05, 4.69) is 13.8 Å². The normalized spacial score (nSPS) is 30.7. The molecular weight excluding hydrogens is 256 g/mol. The first-order valence-corrected chi connectivity index (χ1v) is 7.65. The van der Waals surface area contributed by atoms with E-state index in [1.54, 1.807) is 0 Å². The predicted octanol–water partition coefficient (Wildman–Crippen LogP) is 3.65. The number of carboxylic acid groups (broad SMARTS) is 2. The SMILES string of the molecule is CC(C)CC1CC(C(=O)O)CCC1(CC(C)C)C(=O)O. The van der Waals surface area contributed by atoms with Gasteiger partial charge in [-0.1, -0.05) is 27.7 Å². The highest BCUT2D eigenvalue weighted by atomic mass is 16.4. The highest BCUT2D eigenvalue weighted by Crippen LogP contribution is 2.50. The van der Waals surface area contributed by atoms with Gasteiger partial charge in [-0.3, -0.25) is 9.59 Å². The largest absolute Gasteiger partial charge is 0.481 e. The number of aliphatic carboxylic acids is 2. The number of carboxylic acids is 2. The second-order valence-electron chi connectivity index (χ2n) is 7.20. The molecule has 1 rings (SSSR count). The Balaban J connectivity index is 3.05. The molecular formula is C16H28O4. The predicted molar refractivity (Wildman–Crippen MR) is 77.4 cm³/mol. The molecule has 0 amide bonds. The van der Waals surface area contributed by atoms with E-state index in [0.717, 1.165) is 6.42 Å². The van der Waals surface area contributed by atoms with Gasteiger partial charge in [-0.05, 0) is 49.9 Å². The maximum atomic E-state index is 11.9. The zero-order valence-electron chi connectivity index (χ0n) is 13.1. The Morgan fingerprint density at radius 1 is 1.15 bits per heavy atom. The fraction of sp³-hybridized carbons (Fsp3) is 0.875. The zero-order chi connectivity index (χ0) is 15.5.